The van der Waals surface area contributed by atoms with Gasteiger partial charge in [-0.1, -0.05) is 0 Å². The van der Waals surface area contributed by atoms with Crippen molar-refractivity contribution in [2.45, 2.75) is 117 Å². The normalized spacial score (nSPS) is 16.4. The first-order valence-electron chi connectivity index (χ1n) is 12.6. The summed E-state index contributed by atoms with van der Waals surface area (Å²) in [5, 5.41) is 0. The SMILES string of the molecule is CCC(C)c1cccc(C(C)CC)c1S[CH]([Bi])Sc1c(C(C)CC)cccc1C(C)CC. The van der Waals surface area contributed by atoms with Gasteiger partial charge in [-0.2, -0.15) is 0 Å². The Labute approximate surface area is 222 Å². The second-order valence-corrected chi connectivity index (χ2v) is 16.7. The van der Waals surface area contributed by atoms with Gasteiger partial charge in [0.2, 0.25) is 0 Å². The van der Waals surface area contributed by atoms with Crippen molar-refractivity contribution in [2.24, 2.45) is 0 Å². The third-order valence-corrected chi connectivity index (χ3v) is 12.0. The zero-order valence-electron chi connectivity index (χ0n) is 21.4. The summed E-state index contributed by atoms with van der Waals surface area (Å²) in [5.74, 6) is 2.44. The molecule has 176 valence electrons. The maximum absolute atomic E-state index is 2.39. The number of benzene rings is 2. The molecule has 4 atom stereocenters. The molecule has 2 rings (SSSR count). The Morgan fingerprint density at radius 1 is 0.562 bits per heavy atom. The van der Waals surface area contributed by atoms with Crippen molar-refractivity contribution >= 4 is 48.2 Å². The summed E-state index contributed by atoms with van der Waals surface area (Å²) in [7, 11) is 0. The molecular weight excluding hydrogens is 621 g/mol. The van der Waals surface area contributed by atoms with Crippen LogP contribution in [-0.4, -0.2) is 27.0 Å². The van der Waals surface area contributed by atoms with Crippen LogP contribution < -0.4 is 0 Å². The molecule has 0 spiro atoms. The summed E-state index contributed by atoms with van der Waals surface area (Å²) >= 11 is 5.71. The summed E-state index contributed by atoms with van der Waals surface area (Å²) in [4.78, 5) is 3.14. The Kier molecular flexibility index (Phi) is 12.2. The average molecular weight is 665 g/mol. The molecule has 0 fully saturated rings. The van der Waals surface area contributed by atoms with Crippen LogP contribution in [-0.2, 0) is 0 Å². The van der Waals surface area contributed by atoms with Crippen LogP contribution in [0.4, 0.5) is 0 Å². The molecule has 0 saturated heterocycles. The van der Waals surface area contributed by atoms with E-state index in [-0.39, 0.29) is 0 Å². The molecule has 4 unspecified atom stereocenters. The first-order valence-corrected chi connectivity index (χ1v) is 16.3. The summed E-state index contributed by atoms with van der Waals surface area (Å²) in [6, 6.07) is 14.1. The van der Waals surface area contributed by atoms with Crippen molar-refractivity contribution in [3.8, 4) is 0 Å². The van der Waals surface area contributed by atoms with Gasteiger partial charge >= 0.3 is 224 Å². The van der Waals surface area contributed by atoms with Crippen molar-refractivity contribution in [3.05, 3.63) is 58.7 Å². The fraction of sp³-hybridized carbons (Fsp3) is 0.586. The molecule has 32 heavy (non-hydrogen) atoms. The first kappa shape index (κ1) is 28.3. The van der Waals surface area contributed by atoms with Gasteiger partial charge in [0.1, 0.15) is 0 Å². The molecular formula is C29H43BiS2. The zero-order chi connectivity index (χ0) is 23.8. The molecule has 0 amide bonds. The van der Waals surface area contributed by atoms with Crippen molar-refractivity contribution in [1.82, 2.24) is 0 Å². The van der Waals surface area contributed by atoms with E-state index in [0.29, 0.717) is 26.0 Å². The van der Waals surface area contributed by atoms with Crippen LogP contribution in [0.25, 0.3) is 0 Å². The molecule has 0 heterocycles. The average Bonchev–Trinajstić information content (AvgIpc) is 2.82. The Bertz CT molecular complexity index is 721. The van der Waals surface area contributed by atoms with E-state index in [9.17, 15) is 0 Å². The van der Waals surface area contributed by atoms with Gasteiger partial charge in [0.15, 0.2) is 0 Å². The fourth-order valence-electron chi connectivity index (χ4n) is 4.08. The van der Waals surface area contributed by atoms with Crippen LogP contribution in [0.1, 0.15) is 127 Å². The van der Waals surface area contributed by atoms with Gasteiger partial charge in [-0.05, 0) is 0 Å². The molecule has 3 heteroatoms. The van der Waals surface area contributed by atoms with Gasteiger partial charge in [0.05, 0.1) is 0 Å². The van der Waals surface area contributed by atoms with Crippen LogP contribution >= 0.6 is 23.5 Å². The van der Waals surface area contributed by atoms with E-state index in [1.54, 1.807) is 32.0 Å². The summed E-state index contributed by atoms with van der Waals surface area (Å²) in [6.45, 7) is 18.9. The van der Waals surface area contributed by atoms with Gasteiger partial charge < -0.3 is 0 Å². The summed E-state index contributed by atoms with van der Waals surface area (Å²) in [6.07, 6.45) is 4.79. The Morgan fingerprint density at radius 2 is 0.812 bits per heavy atom. The molecule has 0 aliphatic heterocycles. The van der Waals surface area contributed by atoms with Crippen molar-refractivity contribution in [2.75, 3.05) is 0 Å². The van der Waals surface area contributed by atoms with Crippen LogP contribution in [0, 0.1) is 0 Å². The van der Waals surface area contributed by atoms with E-state index in [2.05, 4.69) is 115 Å². The minimum absolute atomic E-state index is 0.580. The van der Waals surface area contributed by atoms with Gasteiger partial charge in [0, 0.05) is 0 Å². The Morgan fingerprint density at radius 3 is 1.03 bits per heavy atom. The summed E-state index contributed by atoms with van der Waals surface area (Å²) in [5.41, 5.74) is 6.24. The van der Waals surface area contributed by atoms with E-state index in [4.69, 9.17) is 0 Å². The van der Waals surface area contributed by atoms with E-state index < -0.39 is 0 Å². The number of thioether (sulfide) groups is 2. The van der Waals surface area contributed by atoms with Gasteiger partial charge in [-0.15, -0.1) is 0 Å². The van der Waals surface area contributed by atoms with Crippen molar-refractivity contribution < 1.29 is 0 Å². The standard InChI is InChI=1S/C29H43S2.Bi/c1-9-20(5)24-15-13-16-25(21(6)10-2)28(24)30-19-31-29-26(22(7)11-3)17-14-18-27(29)23(8)12-4;/h13-23H,9-12H2,1-8H3;. The zero-order valence-corrected chi connectivity index (χ0v) is 26.6. The quantitative estimate of drug-likeness (QED) is 0.126. The van der Waals surface area contributed by atoms with Crippen molar-refractivity contribution in [3.63, 3.8) is 0 Å². The van der Waals surface area contributed by atoms with E-state index in [1.165, 1.54) is 50.4 Å². The number of rotatable bonds is 12. The number of hydrogen-bond donors (Lipinski definition) is 0. The topological polar surface area (TPSA) is 0 Å². The minimum atomic E-state index is 0.580. The monoisotopic (exact) mass is 664 g/mol. The molecule has 0 bridgehead atoms. The van der Waals surface area contributed by atoms with E-state index in [1.807, 2.05) is 0 Å². The molecule has 2 aromatic rings. The van der Waals surface area contributed by atoms with Crippen LogP contribution in [0.15, 0.2) is 46.2 Å². The molecule has 0 nitrogen and oxygen atoms in total. The van der Waals surface area contributed by atoms with Crippen LogP contribution in [0.2, 0.25) is 0 Å². The van der Waals surface area contributed by atoms with Gasteiger partial charge in [-0.3, -0.25) is 0 Å². The van der Waals surface area contributed by atoms with Gasteiger partial charge in [-0.25, -0.2) is 0 Å². The molecule has 0 N–H and O–H groups in total. The van der Waals surface area contributed by atoms with Crippen LogP contribution in [0.3, 0.4) is 0 Å². The fourth-order valence-corrected chi connectivity index (χ4v) is 9.33. The van der Waals surface area contributed by atoms with E-state index in [0.717, 1.165) is 0 Å². The molecule has 0 aliphatic carbocycles. The molecule has 0 aliphatic rings. The molecule has 2 aromatic carbocycles. The third kappa shape index (κ3) is 7.02. The second-order valence-electron chi connectivity index (χ2n) is 9.31. The summed E-state index contributed by atoms with van der Waals surface area (Å²) < 4.78 is 0.580. The first-order chi connectivity index (χ1) is 15.3. The second kappa shape index (κ2) is 13.8. The predicted molar refractivity (Wildman–Crippen MR) is 149 cm³/mol. The maximum atomic E-state index is 2.39. The van der Waals surface area contributed by atoms with Gasteiger partial charge in [0.25, 0.3) is 0 Å². The molecule has 0 aromatic heterocycles. The van der Waals surface area contributed by atoms with E-state index >= 15 is 0 Å². The Balaban J connectivity index is 2.46. The van der Waals surface area contributed by atoms with Crippen LogP contribution in [0.5, 0.6) is 0 Å². The number of hydrogen-bond acceptors (Lipinski definition) is 2. The van der Waals surface area contributed by atoms with Crippen molar-refractivity contribution in [1.29, 1.82) is 0 Å². The molecule has 2 radical (unpaired) electrons. The molecule has 0 saturated carbocycles. The predicted octanol–water partition coefficient (Wildman–Crippen LogP) is 10.1. The third-order valence-electron chi connectivity index (χ3n) is 7.16. The Hall–Kier alpha value is 0.0231.